The van der Waals surface area contributed by atoms with E-state index in [1.54, 1.807) is 7.11 Å². The molecular weight excluding hydrogens is 388 g/mol. The Bertz CT molecular complexity index is 1150. The van der Waals surface area contributed by atoms with E-state index in [0.29, 0.717) is 31.0 Å². The minimum atomic E-state index is 0.0569. The summed E-state index contributed by atoms with van der Waals surface area (Å²) in [6, 6.07) is 21.5. The standard InChI is InChI=1S/C26H26N2O3/c1-31-22-9-7-20(8-10-22)23-11-12-24-21-13-19(16-28(24)26(23)30)15-27(17-21)25(29)14-18-5-3-2-4-6-18/h2-12,19,21H,13-17H2,1H3/t19-,21-/m1/s1. The molecule has 2 aromatic carbocycles. The highest BCUT2D eigenvalue weighted by Gasteiger charge is 2.36. The lowest BCUT2D eigenvalue weighted by Crippen LogP contribution is -2.49. The smallest absolute Gasteiger partial charge is 0.258 e. The van der Waals surface area contributed by atoms with Crippen LogP contribution in [0.3, 0.4) is 0 Å². The molecule has 5 rings (SSSR count). The van der Waals surface area contributed by atoms with Gasteiger partial charge in [-0.2, -0.15) is 0 Å². The van der Waals surface area contributed by atoms with E-state index in [-0.39, 0.29) is 17.4 Å². The Balaban J connectivity index is 1.39. The van der Waals surface area contributed by atoms with Crippen LogP contribution >= 0.6 is 0 Å². The molecule has 31 heavy (non-hydrogen) atoms. The molecule has 2 atom stereocenters. The fourth-order valence-electron chi connectivity index (χ4n) is 5.02. The third-order valence-electron chi connectivity index (χ3n) is 6.56. The molecule has 1 aromatic heterocycles. The van der Waals surface area contributed by atoms with Crippen LogP contribution in [0.5, 0.6) is 5.75 Å². The van der Waals surface area contributed by atoms with Gasteiger partial charge in [-0.3, -0.25) is 9.59 Å². The number of ether oxygens (including phenoxy) is 1. The van der Waals surface area contributed by atoms with Crippen molar-refractivity contribution in [3.8, 4) is 16.9 Å². The highest BCUT2D eigenvalue weighted by Crippen LogP contribution is 2.36. The van der Waals surface area contributed by atoms with Gasteiger partial charge < -0.3 is 14.2 Å². The number of aromatic nitrogens is 1. The van der Waals surface area contributed by atoms with Crippen molar-refractivity contribution in [1.82, 2.24) is 9.47 Å². The maximum Gasteiger partial charge on any atom is 0.258 e. The van der Waals surface area contributed by atoms with Gasteiger partial charge in [0.05, 0.1) is 13.5 Å². The van der Waals surface area contributed by atoms with E-state index in [9.17, 15) is 9.59 Å². The van der Waals surface area contributed by atoms with Crippen molar-refractivity contribution in [2.24, 2.45) is 5.92 Å². The van der Waals surface area contributed by atoms with Gasteiger partial charge in [-0.1, -0.05) is 42.5 Å². The molecule has 0 radical (unpaired) electrons. The molecule has 5 heteroatoms. The van der Waals surface area contributed by atoms with Gasteiger partial charge in [0, 0.05) is 36.8 Å². The second-order valence-electron chi connectivity index (χ2n) is 8.58. The zero-order valence-corrected chi connectivity index (χ0v) is 17.7. The number of nitrogens with zero attached hydrogens (tertiary/aromatic N) is 2. The number of methoxy groups -OCH3 is 1. The number of benzene rings is 2. The Hall–Kier alpha value is -3.34. The molecule has 2 aliphatic rings. The van der Waals surface area contributed by atoms with E-state index in [1.165, 1.54) is 0 Å². The van der Waals surface area contributed by atoms with Gasteiger partial charge in [0.25, 0.3) is 5.56 Å². The largest absolute Gasteiger partial charge is 0.497 e. The third kappa shape index (κ3) is 3.76. The van der Waals surface area contributed by atoms with Crippen LogP contribution < -0.4 is 10.3 Å². The summed E-state index contributed by atoms with van der Waals surface area (Å²) < 4.78 is 7.17. The van der Waals surface area contributed by atoms with Crippen molar-refractivity contribution in [2.75, 3.05) is 20.2 Å². The summed E-state index contributed by atoms with van der Waals surface area (Å²) in [6.45, 7) is 2.08. The number of hydrogen-bond donors (Lipinski definition) is 0. The summed E-state index contributed by atoms with van der Waals surface area (Å²) in [7, 11) is 1.63. The van der Waals surface area contributed by atoms with Crippen LogP contribution in [0.25, 0.3) is 11.1 Å². The molecule has 0 spiro atoms. The number of likely N-dealkylation sites (tertiary alicyclic amines) is 1. The van der Waals surface area contributed by atoms with Crippen LogP contribution in [0.15, 0.2) is 71.5 Å². The van der Waals surface area contributed by atoms with Crippen molar-refractivity contribution in [3.05, 3.63) is 88.3 Å². The number of pyridine rings is 1. The summed E-state index contributed by atoms with van der Waals surface area (Å²) in [5, 5.41) is 0. The van der Waals surface area contributed by atoms with Gasteiger partial charge >= 0.3 is 0 Å². The van der Waals surface area contributed by atoms with Crippen LogP contribution in [-0.2, 0) is 17.8 Å². The number of piperidine rings is 1. The molecule has 3 aromatic rings. The molecule has 0 N–H and O–H groups in total. The molecule has 2 bridgehead atoms. The van der Waals surface area contributed by atoms with E-state index in [0.717, 1.165) is 35.5 Å². The van der Waals surface area contributed by atoms with E-state index >= 15 is 0 Å². The summed E-state index contributed by atoms with van der Waals surface area (Å²) in [6.07, 6.45) is 1.47. The Morgan fingerprint density at radius 2 is 1.74 bits per heavy atom. The highest BCUT2D eigenvalue weighted by molar-refractivity contribution is 5.79. The van der Waals surface area contributed by atoms with Crippen LogP contribution in [-0.4, -0.2) is 35.6 Å². The molecule has 2 aliphatic heterocycles. The summed E-state index contributed by atoms with van der Waals surface area (Å²) in [4.78, 5) is 28.2. The average Bonchev–Trinajstić information content (AvgIpc) is 2.80. The molecule has 5 nitrogen and oxygen atoms in total. The first-order chi connectivity index (χ1) is 15.1. The Labute approximate surface area is 181 Å². The van der Waals surface area contributed by atoms with Gasteiger partial charge in [0.2, 0.25) is 5.91 Å². The number of carbonyl (C=O) groups is 1. The Morgan fingerprint density at radius 3 is 2.48 bits per heavy atom. The number of rotatable bonds is 4. The fraction of sp³-hybridized carbons (Fsp3) is 0.308. The molecule has 1 amide bonds. The van der Waals surface area contributed by atoms with Crippen molar-refractivity contribution in [3.63, 3.8) is 0 Å². The number of fused-ring (bicyclic) bond motifs is 4. The maximum atomic E-state index is 13.3. The second kappa shape index (κ2) is 8.06. The average molecular weight is 415 g/mol. The quantitative estimate of drug-likeness (QED) is 0.654. The van der Waals surface area contributed by atoms with Crippen LogP contribution in [0.1, 0.15) is 23.6 Å². The van der Waals surface area contributed by atoms with Crippen LogP contribution in [0.2, 0.25) is 0 Å². The van der Waals surface area contributed by atoms with Gasteiger partial charge in [0.15, 0.2) is 0 Å². The predicted octanol–water partition coefficient (Wildman–Crippen LogP) is 3.71. The normalized spacial score (nSPS) is 19.6. The Morgan fingerprint density at radius 1 is 0.968 bits per heavy atom. The molecule has 0 saturated carbocycles. The first kappa shape index (κ1) is 19.6. The number of hydrogen-bond acceptors (Lipinski definition) is 3. The molecule has 1 fully saturated rings. The van der Waals surface area contributed by atoms with Crippen LogP contribution in [0.4, 0.5) is 0 Å². The van der Waals surface area contributed by atoms with E-state index in [4.69, 9.17) is 4.74 Å². The zero-order valence-electron chi connectivity index (χ0n) is 17.7. The molecule has 0 aliphatic carbocycles. The molecule has 3 heterocycles. The van der Waals surface area contributed by atoms with Crippen molar-refractivity contribution >= 4 is 5.91 Å². The number of amides is 1. The van der Waals surface area contributed by atoms with Crippen molar-refractivity contribution in [2.45, 2.75) is 25.3 Å². The van der Waals surface area contributed by atoms with Gasteiger partial charge in [0.1, 0.15) is 5.75 Å². The fourth-order valence-corrected chi connectivity index (χ4v) is 5.02. The Kier molecular flexibility index (Phi) is 5.10. The lowest BCUT2D eigenvalue weighted by Gasteiger charge is -2.43. The zero-order chi connectivity index (χ0) is 21.4. The predicted molar refractivity (Wildman–Crippen MR) is 120 cm³/mol. The summed E-state index contributed by atoms with van der Waals surface area (Å²) >= 11 is 0. The van der Waals surface area contributed by atoms with Gasteiger partial charge in [-0.25, -0.2) is 0 Å². The first-order valence-electron chi connectivity index (χ1n) is 10.8. The lowest BCUT2D eigenvalue weighted by atomic mass is 9.82. The molecule has 158 valence electrons. The van der Waals surface area contributed by atoms with E-state index in [2.05, 4.69) is 6.07 Å². The van der Waals surface area contributed by atoms with Crippen molar-refractivity contribution < 1.29 is 9.53 Å². The van der Waals surface area contributed by atoms with Crippen LogP contribution in [0, 0.1) is 5.92 Å². The van der Waals surface area contributed by atoms with E-state index < -0.39 is 0 Å². The van der Waals surface area contributed by atoms with Crippen molar-refractivity contribution in [1.29, 1.82) is 0 Å². The van der Waals surface area contributed by atoms with E-state index in [1.807, 2.05) is 70.1 Å². The minimum Gasteiger partial charge on any atom is -0.497 e. The third-order valence-corrected chi connectivity index (χ3v) is 6.56. The second-order valence-corrected chi connectivity index (χ2v) is 8.58. The highest BCUT2D eigenvalue weighted by atomic mass is 16.5. The molecular formula is C26H26N2O3. The SMILES string of the molecule is COc1ccc(-c2ccc3n(c2=O)C[C@@H]2C[C@@H]3CN(C(=O)Cc3ccccc3)C2)cc1. The lowest BCUT2D eigenvalue weighted by molar-refractivity contribution is -0.133. The summed E-state index contributed by atoms with van der Waals surface area (Å²) in [5.41, 5.74) is 3.76. The first-order valence-corrected chi connectivity index (χ1v) is 10.8. The van der Waals surface area contributed by atoms with Gasteiger partial charge in [-0.15, -0.1) is 0 Å². The van der Waals surface area contributed by atoms with Gasteiger partial charge in [-0.05, 0) is 47.7 Å². The summed E-state index contributed by atoms with van der Waals surface area (Å²) in [5.74, 6) is 1.47. The minimum absolute atomic E-state index is 0.0569. The number of carbonyl (C=O) groups excluding carboxylic acids is 1. The monoisotopic (exact) mass is 414 g/mol. The maximum absolute atomic E-state index is 13.3. The topological polar surface area (TPSA) is 51.5 Å². The molecule has 1 saturated heterocycles. The molecule has 0 unspecified atom stereocenters.